The first-order valence-electron chi connectivity index (χ1n) is 6.34. The third-order valence-electron chi connectivity index (χ3n) is 2.50. The number of anilines is 1. The molecule has 0 saturated carbocycles. The number of aromatic nitrogens is 3. The molecule has 0 aliphatic rings. The molecule has 0 radical (unpaired) electrons. The number of hydrogen-bond acceptors (Lipinski definition) is 5. The molecule has 20 heavy (non-hydrogen) atoms. The summed E-state index contributed by atoms with van der Waals surface area (Å²) in [5.41, 5.74) is 4.16. The summed E-state index contributed by atoms with van der Waals surface area (Å²) in [4.78, 5) is 13.4. The van der Waals surface area contributed by atoms with Gasteiger partial charge >= 0.3 is 5.97 Å². The highest BCUT2D eigenvalue weighted by Gasteiger charge is 2.23. The molecule has 1 heterocycles. The molecule has 0 atom stereocenters. The summed E-state index contributed by atoms with van der Waals surface area (Å²) in [6.07, 6.45) is 0. The van der Waals surface area contributed by atoms with E-state index in [4.69, 9.17) is 4.74 Å². The van der Waals surface area contributed by atoms with E-state index >= 15 is 0 Å². The van der Waals surface area contributed by atoms with Crippen LogP contribution in [-0.4, -0.2) is 26.7 Å². The van der Waals surface area contributed by atoms with Crippen molar-refractivity contribution in [3.63, 3.8) is 0 Å². The zero-order valence-corrected chi connectivity index (χ0v) is 12.0. The van der Waals surface area contributed by atoms with E-state index < -0.39 is 11.6 Å². The molecule has 0 spiro atoms. The number of ether oxygens (including phenoxy) is 1. The Morgan fingerprint density at radius 3 is 2.50 bits per heavy atom. The van der Waals surface area contributed by atoms with Crippen molar-refractivity contribution in [2.45, 2.75) is 33.3 Å². The number of hydrogen-bond donors (Lipinski definition) is 1. The van der Waals surface area contributed by atoms with E-state index in [1.165, 1.54) is 4.79 Å². The van der Waals surface area contributed by atoms with Gasteiger partial charge in [0.1, 0.15) is 5.60 Å². The Morgan fingerprint density at radius 1 is 1.25 bits per heavy atom. The first-order valence-corrected chi connectivity index (χ1v) is 6.34. The maximum Gasteiger partial charge on any atom is 0.361 e. The fraction of sp³-hybridized carbons (Fsp3) is 0.357. The van der Waals surface area contributed by atoms with E-state index in [1.54, 1.807) is 6.92 Å². The molecule has 0 saturated heterocycles. The highest BCUT2D eigenvalue weighted by atomic mass is 16.6. The molecule has 0 aliphatic carbocycles. The molecule has 0 fully saturated rings. The molecule has 1 aromatic heterocycles. The van der Waals surface area contributed by atoms with Crippen LogP contribution in [0.5, 0.6) is 0 Å². The number of esters is 1. The van der Waals surface area contributed by atoms with Gasteiger partial charge in [-0.05, 0) is 45.0 Å². The number of carbonyl (C=O) groups is 1. The van der Waals surface area contributed by atoms with Crippen LogP contribution in [0.25, 0.3) is 0 Å². The second-order valence-corrected chi connectivity index (χ2v) is 5.41. The largest absolute Gasteiger partial charge is 0.455 e. The molecular weight excluding hydrogens is 256 g/mol. The number of para-hydroxylation sites is 1. The average Bonchev–Trinajstić information content (AvgIpc) is 2.70. The second kappa shape index (κ2) is 5.32. The summed E-state index contributed by atoms with van der Waals surface area (Å²) in [6, 6.07) is 9.53. The van der Waals surface area contributed by atoms with Gasteiger partial charge < -0.3 is 4.74 Å². The Kier molecular flexibility index (Phi) is 3.74. The summed E-state index contributed by atoms with van der Waals surface area (Å²) >= 11 is 0. The van der Waals surface area contributed by atoms with Gasteiger partial charge in [0.25, 0.3) is 0 Å². The van der Waals surface area contributed by atoms with Gasteiger partial charge in [0.2, 0.25) is 0 Å². The van der Waals surface area contributed by atoms with Crippen molar-refractivity contribution in [1.29, 1.82) is 0 Å². The molecule has 0 amide bonds. The zero-order chi connectivity index (χ0) is 14.8. The molecule has 6 heteroatoms. The summed E-state index contributed by atoms with van der Waals surface area (Å²) in [5, 5.41) is 7.79. The standard InChI is InChI=1S/C14H18N4O2/c1-10-12(13(19)20-14(2,3)4)15-17-18(10)16-11-8-6-5-7-9-11/h5-9,16H,1-4H3. The predicted octanol–water partition coefficient (Wildman–Crippen LogP) is 2.42. The van der Waals surface area contributed by atoms with Gasteiger partial charge in [-0.1, -0.05) is 18.2 Å². The van der Waals surface area contributed by atoms with Crippen molar-refractivity contribution < 1.29 is 9.53 Å². The molecule has 0 unspecified atom stereocenters. The fourth-order valence-electron chi connectivity index (χ4n) is 1.59. The average molecular weight is 274 g/mol. The quantitative estimate of drug-likeness (QED) is 0.870. The number of rotatable bonds is 3. The lowest BCUT2D eigenvalue weighted by Crippen LogP contribution is -2.24. The van der Waals surface area contributed by atoms with Crippen molar-refractivity contribution in [2.24, 2.45) is 0 Å². The smallest absolute Gasteiger partial charge is 0.361 e. The van der Waals surface area contributed by atoms with E-state index in [9.17, 15) is 4.79 Å². The van der Waals surface area contributed by atoms with Crippen molar-refractivity contribution in [3.05, 3.63) is 41.7 Å². The third kappa shape index (κ3) is 3.34. The first kappa shape index (κ1) is 14.0. The Balaban J connectivity index is 2.17. The lowest BCUT2D eigenvalue weighted by Gasteiger charge is -2.18. The minimum atomic E-state index is -0.555. The normalized spacial score (nSPS) is 11.2. The van der Waals surface area contributed by atoms with Crippen LogP contribution in [0.2, 0.25) is 0 Å². The van der Waals surface area contributed by atoms with Gasteiger partial charge in [-0.25, -0.2) is 4.79 Å². The second-order valence-electron chi connectivity index (χ2n) is 5.41. The van der Waals surface area contributed by atoms with Gasteiger partial charge in [0.15, 0.2) is 5.69 Å². The molecule has 2 aromatic rings. The Morgan fingerprint density at radius 2 is 1.90 bits per heavy atom. The van der Waals surface area contributed by atoms with Crippen molar-refractivity contribution in [1.82, 2.24) is 15.1 Å². The molecule has 1 aromatic carbocycles. The van der Waals surface area contributed by atoms with E-state index in [0.717, 1.165) is 5.69 Å². The van der Waals surface area contributed by atoms with Crippen LogP contribution < -0.4 is 5.43 Å². The predicted molar refractivity (Wildman–Crippen MR) is 75.4 cm³/mol. The van der Waals surface area contributed by atoms with Crippen LogP contribution >= 0.6 is 0 Å². The van der Waals surface area contributed by atoms with Crippen LogP contribution in [0.15, 0.2) is 30.3 Å². The van der Waals surface area contributed by atoms with Gasteiger partial charge in [0, 0.05) is 0 Å². The van der Waals surface area contributed by atoms with Crippen LogP contribution in [0.3, 0.4) is 0 Å². The Labute approximate surface area is 117 Å². The monoisotopic (exact) mass is 274 g/mol. The maximum atomic E-state index is 12.0. The van der Waals surface area contributed by atoms with Crippen LogP contribution in [0.1, 0.15) is 37.0 Å². The lowest BCUT2D eigenvalue weighted by molar-refractivity contribution is 0.00619. The molecule has 1 N–H and O–H groups in total. The molecule has 106 valence electrons. The van der Waals surface area contributed by atoms with Gasteiger partial charge in [-0.2, -0.15) is 4.79 Å². The SMILES string of the molecule is Cc1c(C(=O)OC(C)(C)C)nnn1Nc1ccccc1. The van der Waals surface area contributed by atoms with E-state index in [2.05, 4.69) is 15.7 Å². The molecule has 2 rings (SSSR count). The highest BCUT2D eigenvalue weighted by Crippen LogP contribution is 2.14. The maximum absolute atomic E-state index is 12.0. The Hall–Kier alpha value is -2.37. The summed E-state index contributed by atoms with van der Waals surface area (Å²) < 4.78 is 5.29. The van der Waals surface area contributed by atoms with E-state index in [-0.39, 0.29) is 5.69 Å². The molecule has 6 nitrogen and oxygen atoms in total. The number of carbonyl (C=O) groups excluding carboxylic acids is 1. The number of nitrogens with zero attached hydrogens (tertiary/aromatic N) is 3. The third-order valence-corrected chi connectivity index (χ3v) is 2.50. The van der Waals surface area contributed by atoms with Crippen LogP contribution in [0, 0.1) is 6.92 Å². The van der Waals surface area contributed by atoms with Crippen molar-refractivity contribution in [3.8, 4) is 0 Å². The molecule has 0 bridgehead atoms. The van der Waals surface area contributed by atoms with Crippen LogP contribution in [0.4, 0.5) is 5.69 Å². The van der Waals surface area contributed by atoms with E-state index in [0.29, 0.717) is 5.69 Å². The summed E-state index contributed by atoms with van der Waals surface area (Å²) in [6.45, 7) is 7.20. The first-order chi connectivity index (χ1) is 9.37. The molecule has 0 aliphatic heterocycles. The summed E-state index contributed by atoms with van der Waals surface area (Å²) in [7, 11) is 0. The zero-order valence-electron chi connectivity index (χ0n) is 12.0. The van der Waals surface area contributed by atoms with Gasteiger partial charge in [0.05, 0.1) is 11.4 Å². The number of nitrogens with one attached hydrogen (secondary N) is 1. The lowest BCUT2D eigenvalue weighted by atomic mass is 10.2. The van der Waals surface area contributed by atoms with Crippen molar-refractivity contribution >= 4 is 11.7 Å². The van der Waals surface area contributed by atoms with Gasteiger partial charge in [-0.15, -0.1) is 5.10 Å². The fourth-order valence-corrected chi connectivity index (χ4v) is 1.59. The number of benzene rings is 1. The highest BCUT2D eigenvalue weighted by molar-refractivity contribution is 5.88. The minimum Gasteiger partial charge on any atom is -0.455 e. The Bertz CT molecular complexity index is 599. The molecular formula is C14H18N4O2. The topological polar surface area (TPSA) is 69.0 Å². The van der Waals surface area contributed by atoms with Crippen molar-refractivity contribution in [2.75, 3.05) is 5.43 Å². The van der Waals surface area contributed by atoms with Gasteiger partial charge in [-0.3, -0.25) is 5.43 Å². The van der Waals surface area contributed by atoms with Crippen LogP contribution in [-0.2, 0) is 4.74 Å². The van der Waals surface area contributed by atoms with E-state index in [1.807, 2.05) is 51.1 Å². The minimum absolute atomic E-state index is 0.211. The summed E-state index contributed by atoms with van der Waals surface area (Å²) in [5.74, 6) is -0.476.